The molecule has 0 spiro atoms. The number of benzene rings is 2. The van der Waals surface area contributed by atoms with Crippen molar-refractivity contribution in [3.05, 3.63) is 108 Å². The summed E-state index contributed by atoms with van der Waals surface area (Å²) in [6.45, 7) is 0. The van der Waals surface area contributed by atoms with Crippen LogP contribution < -0.4 is 0 Å². The summed E-state index contributed by atoms with van der Waals surface area (Å²) in [7, 11) is 0. The van der Waals surface area contributed by atoms with E-state index in [0.29, 0.717) is 0 Å². The van der Waals surface area contributed by atoms with E-state index in [0.717, 1.165) is 24.0 Å². The Labute approximate surface area is 157 Å². The summed E-state index contributed by atoms with van der Waals surface area (Å²) in [5.41, 5.74) is 7.14. The molecule has 0 amide bonds. The fourth-order valence-electron chi connectivity index (χ4n) is 2.93. The molecule has 0 nitrogen and oxygen atoms in total. The quantitative estimate of drug-likeness (QED) is 0.407. The minimum atomic E-state index is 0. The third kappa shape index (κ3) is 3.70. The minimum absolute atomic E-state index is 0. The molecule has 1 aliphatic carbocycles. The predicted molar refractivity (Wildman–Crippen MR) is 94.8 cm³/mol. The molecule has 0 fully saturated rings. The average molecular weight is 399 g/mol. The van der Waals surface area contributed by atoms with Crippen LogP contribution in [0.4, 0.5) is 0 Å². The summed E-state index contributed by atoms with van der Waals surface area (Å²) in [5, 5.41) is 0. The fraction of sp³-hybridized carbons (Fsp3) is 0.0870. The molecule has 0 N–H and O–H groups in total. The van der Waals surface area contributed by atoms with Crippen LogP contribution in [0.3, 0.4) is 0 Å². The van der Waals surface area contributed by atoms with Gasteiger partial charge in [0, 0.05) is 20.4 Å². The Morgan fingerprint density at radius 2 is 1.62 bits per heavy atom. The van der Waals surface area contributed by atoms with Crippen molar-refractivity contribution in [1.82, 2.24) is 0 Å². The van der Waals surface area contributed by atoms with Crippen LogP contribution in [-0.2, 0) is 26.8 Å². The predicted octanol–water partition coefficient (Wildman–Crippen LogP) is 5.41. The van der Waals surface area contributed by atoms with Crippen LogP contribution in [0, 0.1) is 18.2 Å². The molecule has 3 aromatic carbocycles. The summed E-state index contributed by atoms with van der Waals surface area (Å²) in [6.07, 6.45) is 9.22. The van der Waals surface area contributed by atoms with Gasteiger partial charge in [0.1, 0.15) is 0 Å². The molecule has 3 aromatic rings. The topological polar surface area (TPSA) is 0 Å². The summed E-state index contributed by atoms with van der Waals surface area (Å²) >= 11 is 0. The third-order valence-electron chi connectivity index (χ3n) is 4.09. The van der Waals surface area contributed by atoms with Gasteiger partial charge in [-0.3, -0.25) is 0 Å². The third-order valence-corrected chi connectivity index (χ3v) is 4.09. The molecule has 0 aliphatic heterocycles. The summed E-state index contributed by atoms with van der Waals surface area (Å²) < 4.78 is 0. The van der Waals surface area contributed by atoms with Gasteiger partial charge in [-0.2, -0.15) is 60.7 Å². The fourth-order valence-corrected chi connectivity index (χ4v) is 2.93. The Hall–Kier alpha value is -2.07. The molecule has 0 aromatic heterocycles. The monoisotopic (exact) mass is 398 g/mol. The molecule has 1 aliphatic rings. The SMILES string of the molecule is [C-]1=C(c2[c-]c(Cc3[c-]c(-c4ccc[cH-]4)ccc3)ccc2)CC=C1.[Pd]. The van der Waals surface area contributed by atoms with E-state index in [1.165, 1.54) is 22.3 Å². The van der Waals surface area contributed by atoms with Crippen molar-refractivity contribution in [3.8, 4) is 11.1 Å². The number of rotatable bonds is 4. The second-order valence-electron chi connectivity index (χ2n) is 5.76. The zero-order chi connectivity index (χ0) is 15.5. The zero-order valence-corrected chi connectivity index (χ0v) is 14.7. The zero-order valence-electron chi connectivity index (χ0n) is 13.2. The normalized spacial score (nSPS) is 12.8. The van der Waals surface area contributed by atoms with Crippen LogP contribution >= 0.6 is 0 Å². The molecule has 0 atom stereocenters. The van der Waals surface area contributed by atoms with Crippen LogP contribution in [0.2, 0.25) is 0 Å². The van der Waals surface area contributed by atoms with Crippen LogP contribution in [0.5, 0.6) is 0 Å². The first-order valence-electron chi connectivity index (χ1n) is 7.91. The first-order valence-corrected chi connectivity index (χ1v) is 7.91. The molecule has 122 valence electrons. The van der Waals surface area contributed by atoms with Crippen molar-refractivity contribution in [1.29, 1.82) is 0 Å². The maximum absolute atomic E-state index is 3.53. The maximum Gasteiger partial charge on any atom is 0 e. The van der Waals surface area contributed by atoms with Gasteiger partial charge in [-0.15, -0.1) is 29.7 Å². The number of hydrogen-bond acceptors (Lipinski definition) is 0. The van der Waals surface area contributed by atoms with E-state index in [1.807, 2.05) is 6.08 Å². The summed E-state index contributed by atoms with van der Waals surface area (Å²) in [4.78, 5) is 0. The van der Waals surface area contributed by atoms with Crippen LogP contribution in [-0.4, -0.2) is 0 Å². The van der Waals surface area contributed by atoms with E-state index in [2.05, 4.69) is 84.9 Å². The van der Waals surface area contributed by atoms with Gasteiger partial charge in [-0.1, -0.05) is 0 Å². The molecule has 0 unspecified atom stereocenters. The van der Waals surface area contributed by atoms with Gasteiger partial charge < -0.3 is 0 Å². The van der Waals surface area contributed by atoms with E-state index < -0.39 is 0 Å². The average Bonchev–Trinajstić information content (AvgIpc) is 3.29. The molecule has 24 heavy (non-hydrogen) atoms. The molecule has 0 heterocycles. The van der Waals surface area contributed by atoms with Crippen molar-refractivity contribution in [3.63, 3.8) is 0 Å². The number of hydrogen-bond donors (Lipinski definition) is 0. The Kier molecular flexibility index (Phi) is 5.36. The molecule has 0 radical (unpaired) electrons. The Morgan fingerprint density at radius 3 is 2.29 bits per heavy atom. The maximum atomic E-state index is 3.53. The van der Waals surface area contributed by atoms with Crippen molar-refractivity contribution >= 4 is 5.57 Å². The molecule has 4 rings (SSSR count). The minimum Gasteiger partial charge on any atom is -0.247 e. The summed E-state index contributed by atoms with van der Waals surface area (Å²) in [6, 6.07) is 28.1. The van der Waals surface area contributed by atoms with E-state index in [1.54, 1.807) is 0 Å². The van der Waals surface area contributed by atoms with Gasteiger partial charge >= 0.3 is 0 Å². The van der Waals surface area contributed by atoms with Gasteiger partial charge in [-0.05, 0) is 6.42 Å². The largest absolute Gasteiger partial charge is 0.247 e. The van der Waals surface area contributed by atoms with E-state index in [-0.39, 0.29) is 20.4 Å². The molecule has 0 saturated carbocycles. The van der Waals surface area contributed by atoms with Crippen molar-refractivity contribution in [2.45, 2.75) is 12.8 Å². The van der Waals surface area contributed by atoms with Gasteiger partial charge in [0.25, 0.3) is 0 Å². The van der Waals surface area contributed by atoms with E-state index in [9.17, 15) is 0 Å². The van der Waals surface area contributed by atoms with Crippen LogP contribution in [0.1, 0.15) is 23.1 Å². The van der Waals surface area contributed by atoms with Crippen molar-refractivity contribution < 1.29 is 20.4 Å². The van der Waals surface area contributed by atoms with Crippen molar-refractivity contribution in [2.75, 3.05) is 0 Å². The number of allylic oxidation sites excluding steroid dienone is 4. The molecule has 1 heteroatoms. The Balaban J connectivity index is 0.00000169. The molecular weight excluding hydrogens is 383 g/mol. The molecule has 0 bridgehead atoms. The molecule has 0 saturated heterocycles. The Bertz CT molecular complexity index is 867. The van der Waals surface area contributed by atoms with Crippen molar-refractivity contribution in [2.24, 2.45) is 0 Å². The first-order chi connectivity index (χ1) is 11.4. The smallest absolute Gasteiger partial charge is 0 e. The summed E-state index contributed by atoms with van der Waals surface area (Å²) in [5.74, 6) is 0. The van der Waals surface area contributed by atoms with Crippen LogP contribution in [0.15, 0.2) is 72.8 Å². The standard InChI is InChI=1S/C23H16.Pd/c1-2-10-20(9-1)22-13-5-7-18(16-22)15-19-8-6-14-23(17-19)21-11-3-4-12-21;/h1-10,13-14H,11,15H2;/q-4;. The van der Waals surface area contributed by atoms with Gasteiger partial charge in [0.15, 0.2) is 0 Å². The van der Waals surface area contributed by atoms with Gasteiger partial charge in [-0.25, -0.2) is 40.5 Å². The van der Waals surface area contributed by atoms with E-state index in [4.69, 9.17) is 0 Å². The van der Waals surface area contributed by atoms with Crippen LogP contribution in [0.25, 0.3) is 16.7 Å². The second kappa shape index (κ2) is 7.67. The molecular formula is C23H16Pd-4. The Morgan fingerprint density at radius 1 is 0.875 bits per heavy atom. The second-order valence-corrected chi connectivity index (χ2v) is 5.76. The van der Waals surface area contributed by atoms with E-state index >= 15 is 0 Å². The van der Waals surface area contributed by atoms with Gasteiger partial charge in [0.2, 0.25) is 0 Å². The van der Waals surface area contributed by atoms with Gasteiger partial charge in [0.05, 0.1) is 0 Å². The first kappa shape index (κ1) is 16.8.